The molecule has 12 heteroatoms. The summed E-state index contributed by atoms with van der Waals surface area (Å²) in [4.78, 5) is 24.9. The van der Waals surface area contributed by atoms with Crippen LogP contribution in [0.25, 0.3) is 20.8 Å². The number of nitrogens with zero attached hydrogens (tertiary/aromatic N) is 3. The number of alkyl halides is 3. The SMILES string of the molecule is CCNC(=O)OCC(CC)CCNc1nc(NCC(F)(F)F)nc(C)c1-c1nc2ccccc2s1. The molecule has 2 heterocycles. The molecule has 3 N–H and O–H groups in total. The molecule has 0 aliphatic heterocycles. The zero-order valence-corrected chi connectivity index (χ0v) is 20.6. The van der Waals surface area contributed by atoms with E-state index >= 15 is 0 Å². The van der Waals surface area contributed by atoms with Crippen molar-refractivity contribution in [2.24, 2.45) is 5.92 Å². The topological polar surface area (TPSA) is 101 Å². The van der Waals surface area contributed by atoms with Crippen molar-refractivity contribution >= 4 is 39.4 Å². The van der Waals surface area contributed by atoms with E-state index in [0.29, 0.717) is 41.6 Å². The molecule has 3 rings (SSSR count). The Labute approximate surface area is 205 Å². The maximum atomic E-state index is 12.7. The van der Waals surface area contributed by atoms with Gasteiger partial charge in [0, 0.05) is 13.1 Å². The lowest BCUT2D eigenvalue weighted by Gasteiger charge is -2.18. The van der Waals surface area contributed by atoms with E-state index in [-0.39, 0.29) is 18.5 Å². The second-order valence-electron chi connectivity index (χ2n) is 7.93. The van der Waals surface area contributed by atoms with Gasteiger partial charge in [-0.3, -0.25) is 0 Å². The number of ether oxygens (including phenoxy) is 1. The lowest BCUT2D eigenvalue weighted by atomic mass is 10.0. The van der Waals surface area contributed by atoms with E-state index in [1.54, 1.807) is 6.92 Å². The van der Waals surface area contributed by atoms with E-state index in [1.165, 1.54) is 11.3 Å². The number of amides is 1. The van der Waals surface area contributed by atoms with Crippen LogP contribution in [-0.2, 0) is 4.74 Å². The van der Waals surface area contributed by atoms with Crippen LogP contribution in [0.1, 0.15) is 32.4 Å². The van der Waals surface area contributed by atoms with Crippen LogP contribution >= 0.6 is 11.3 Å². The van der Waals surface area contributed by atoms with Gasteiger partial charge in [0.1, 0.15) is 17.4 Å². The first-order valence-corrected chi connectivity index (χ1v) is 12.2. The Hall–Kier alpha value is -3.15. The van der Waals surface area contributed by atoms with Crippen LogP contribution in [0, 0.1) is 12.8 Å². The molecule has 0 aliphatic carbocycles. The summed E-state index contributed by atoms with van der Waals surface area (Å²) < 4.78 is 44.4. The number of carbonyl (C=O) groups excluding carboxylic acids is 1. The quantitative estimate of drug-likeness (QED) is 0.308. The smallest absolute Gasteiger partial charge is 0.407 e. The van der Waals surface area contributed by atoms with Gasteiger partial charge < -0.3 is 20.7 Å². The van der Waals surface area contributed by atoms with Crippen molar-refractivity contribution in [1.29, 1.82) is 0 Å². The molecule has 190 valence electrons. The number of aromatic nitrogens is 3. The van der Waals surface area contributed by atoms with E-state index in [2.05, 4.69) is 30.9 Å². The Bertz CT molecular complexity index is 1110. The third-order valence-electron chi connectivity index (χ3n) is 5.24. The van der Waals surface area contributed by atoms with Crippen molar-refractivity contribution in [3.8, 4) is 10.6 Å². The minimum absolute atomic E-state index is 0.112. The number of alkyl carbamates (subject to hydrolysis) is 1. The van der Waals surface area contributed by atoms with Gasteiger partial charge in [-0.25, -0.2) is 14.8 Å². The maximum Gasteiger partial charge on any atom is 0.407 e. The first-order valence-electron chi connectivity index (χ1n) is 11.4. The van der Waals surface area contributed by atoms with Crippen LogP contribution in [0.4, 0.5) is 29.7 Å². The van der Waals surface area contributed by atoms with E-state index < -0.39 is 18.8 Å². The van der Waals surface area contributed by atoms with Crippen molar-refractivity contribution in [3.05, 3.63) is 30.0 Å². The summed E-state index contributed by atoms with van der Waals surface area (Å²) in [7, 11) is 0. The molecular weight excluding hydrogens is 481 g/mol. The number of carbonyl (C=O) groups is 1. The van der Waals surface area contributed by atoms with E-state index in [1.807, 2.05) is 38.1 Å². The molecule has 0 fully saturated rings. The van der Waals surface area contributed by atoms with Crippen molar-refractivity contribution in [3.63, 3.8) is 0 Å². The summed E-state index contributed by atoms with van der Waals surface area (Å²) >= 11 is 1.47. The summed E-state index contributed by atoms with van der Waals surface area (Å²) in [6.07, 6.45) is -3.38. The van der Waals surface area contributed by atoms with E-state index in [4.69, 9.17) is 4.74 Å². The van der Waals surface area contributed by atoms with Gasteiger partial charge in [0.25, 0.3) is 0 Å². The summed E-state index contributed by atoms with van der Waals surface area (Å²) in [5, 5.41) is 8.78. The number of fused-ring (bicyclic) bond motifs is 1. The molecule has 0 saturated carbocycles. The van der Waals surface area contributed by atoms with Crippen LogP contribution in [0.15, 0.2) is 24.3 Å². The van der Waals surface area contributed by atoms with Crippen molar-refractivity contribution < 1.29 is 22.7 Å². The average Bonchev–Trinajstić information content (AvgIpc) is 3.23. The highest BCUT2D eigenvalue weighted by molar-refractivity contribution is 7.21. The fourth-order valence-electron chi connectivity index (χ4n) is 3.38. The fourth-order valence-corrected chi connectivity index (χ4v) is 4.45. The van der Waals surface area contributed by atoms with Gasteiger partial charge in [0.2, 0.25) is 5.95 Å². The molecule has 1 amide bonds. The normalized spacial score (nSPS) is 12.4. The highest BCUT2D eigenvalue weighted by Crippen LogP contribution is 2.36. The zero-order chi connectivity index (χ0) is 25.4. The summed E-state index contributed by atoms with van der Waals surface area (Å²) in [6, 6.07) is 7.68. The molecule has 1 unspecified atom stereocenters. The molecule has 1 aromatic carbocycles. The minimum Gasteiger partial charge on any atom is -0.449 e. The lowest BCUT2D eigenvalue weighted by molar-refractivity contribution is -0.115. The van der Waals surface area contributed by atoms with Gasteiger partial charge >= 0.3 is 12.3 Å². The number of benzene rings is 1. The summed E-state index contributed by atoms with van der Waals surface area (Å²) in [6.45, 7) is 5.55. The first-order chi connectivity index (χ1) is 16.7. The molecule has 2 aromatic heterocycles. The van der Waals surface area contributed by atoms with Gasteiger partial charge in [-0.2, -0.15) is 18.2 Å². The molecule has 8 nitrogen and oxygen atoms in total. The third kappa shape index (κ3) is 7.67. The van der Waals surface area contributed by atoms with Crippen LogP contribution in [0.5, 0.6) is 0 Å². The second kappa shape index (κ2) is 12.0. The predicted octanol–water partition coefficient (Wildman–Crippen LogP) is 5.61. The number of anilines is 2. The Morgan fingerprint density at radius 1 is 1.14 bits per heavy atom. The predicted molar refractivity (Wildman–Crippen MR) is 132 cm³/mol. The Morgan fingerprint density at radius 2 is 1.91 bits per heavy atom. The number of aryl methyl sites for hydroxylation is 1. The van der Waals surface area contributed by atoms with Gasteiger partial charge in [-0.05, 0) is 44.7 Å². The monoisotopic (exact) mass is 510 g/mol. The average molecular weight is 511 g/mol. The van der Waals surface area contributed by atoms with Crippen molar-refractivity contribution in [2.45, 2.75) is 39.8 Å². The zero-order valence-electron chi connectivity index (χ0n) is 19.8. The minimum atomic E-state index is -4.39. The lowest BCUT2D eigenvalue weighted by Crippen LogP contribution is -2.26. The van der Waals surface area contributed by atoms with Crippen LogP contribution < -0.4 is 16.0 Å². The summed E-state index contributed by atoms with van der Waals surface area (Å²) in [5.41, 5.74) is 1.99. The number of thiazole rings is 1. The number of halogens is 3. The van der Waals surface area contributed by atoms with Gasteiger partial charge in [-0.15, -0.1) is 11.3 Å². The van der Waals surface area contributed by atoms with Crippen molar-refractivity contribution in [2.75, 3.05) is 36.9 Å². The molecule has 3 aromatic rings. The van der Waals surface area contributed by atoms with Crippen LogP contribution in [0.2, 0.25) is 0 Å². The molecule has 0 aliphatic rings. The number of para-hydroxylation sites is 1. The van der Waals surface area contributed by atoms with E-state index in [0.717, 1.165) is 16.6 Å². The third-order valence-corrected chi connectivity index (χ3v) is 6.29. The molecule has 0 saturated heterocycles. The largest absolute Gasteiger partial charge is 0.449 e. The molecule has 35 heavy (non-hydrogen) atoms. The number of hydrogen-bond acceptors (Lipinski definition) is 8. The molecule has 1 atom stereocenters. The molecule has 0 radical (unpaired) electrons. The number of nitrogens with one attached hydrogen (secondary N) is 3. The number of rotatable bonds is 11. The fraction of sp³-hybridized carbons (Fsp3) is 0.478. The van der Waals surface area contributed by atoms with Crippen molar-refractivity contribution in [1.82, 2.24) is 20.3 Å². The Morgan fingerprint density at radius 3 is 2.60 bits per heavy atom. The van der Waals surface area contributed by atoms with Crippen LogP contribution in [-0.4, -0.2) is 53.5 Å². The maximum absolute atomic E-state index is 12.7. The number of hydrogen-bond donors (Lipinski definition) is 3. The Kier molecular flexibility index (Phi) is 9.07. The van der Waals surface area contributed by atoms with Gasteiger partial charge in [0.15, 0.2) is 0 Å². The van der Waals surface area contributed by atoms with Gasteiger partial charge in [0.05, 0.1) is 28.1 Å². The highest BCUT2D eigenvalue weighted by Gasteiger charge is 2.27. The first kappa shape index (κ1) is 26.5. The standard InChI is InChI=1S/C23H29F3N6O2S/c1-4-15(12-34-22(33)27-5-2)10-11-28-19-18(20-31-16-8-6-7-9-17(16)35-20)14(3)30-21(32-19)29-13-23(24,25)26/h6-9,15H,4-5,10-13H2,1-3H3,(H,27,33)(H2,28,29,30,32). The second-order valence-corrected chi connectivity index (χ2v) is 8.96. The van der Waals surface area contributed by atoms with Crippen LogP contribution in [0.3, 0.4) is 0 Å². The van der Waals surface area contributed by atoms with Gasteiger partial charge in [-0.1, -0.05) is 19.1 Å². The Balaban J connectivity index is 1.81. The summed E-state index contributed by atoms with van der Waals surface area (Å²) in [5.74, 6) is 0.404. The molecular formula is C23H29F3N6O2S. The highest BCUT2D eigenvalue weighted by atomic mass is 32.1. The molecule has 0 bridgehead atoms. The van der Waals surface area contributed by atoms with E-state index in [9.17, 15) is 18.0 Å². The molecule has 0 spiro atoms.